The maximum atomic E-state index is 8.69. The molecule has 0 fully saturated rings. The minimum Gasteiger partial charge on any atom is -0.366 e. The third kappa shape index (κ3) is 10.8. The van der Waals surface area contributed by atoms with Crippen LogP contribution >= 0.6 is 0 Å². The van der Waals surface area contributed by atoms with Crippen molar-refractivity contribution in [3.05, 3.63) is 0 Å². The van der Waals surface area contributed by atoms with Crippen molar-refractivity contribution in [2.45, 2.75) is 32.5 Å². The van der Waals surface area contributed by atoms with Gasteiger partial charge in [0.25, 0.3) is 0 Å². The van der Waals surface area contributed by atoms with Gasteiger partial charge in [-0.05, 0) is 26.9 Å². The molecule has 0 amide bonds. The summed E-state index contributed by atoms with van der Waals surface area (Å²) < 4.78 is 0. The van der Waals surface area contributed by atoms with Gasteiger partial charge in [0, 0.05) is 0 Å². The fraction of sp³-hybridized carbons (Fsp3) is 1.00. The zero-order chi connectivity index (χ0) is 8.62. The average molecular weight is 149 g/mol. The van der Waals surface area contributed by atoms with Gasteiger partial charge in [-0.15, -0.1) is 0 Å². The summed E-state index contributed by atoms with van der Waals surface area (Å²) in [6.07, 6.45) is 0.812. The summed E-state index contributed by atoms with van der Waals surface area (Å²) in [6.45, 7) is 3.48. The molecule has 64 valence electrons. The Kier molecular flexibility index (Phi) is 8.77. The highest BCUT2D eigenvalue weighted by Gasteiger charge is 2.14. The van der Waals surface area contributed by atoms with Crippen LogP contribution in [0.5, 0.6) is 0 Å². The molecule has 0 rings (SSSR count). The van der Waals surface area contributed by atoms with E-state index in [2.05, 4.69) is 5.32 Å². The first-order valence-electron chi connectivity index (χ1n) is 3.57. The van der Waals surface area contributed by atoms with E-state index in [1.165, 1.54) is 0 Å². The van der Waals surface area contributed by atoms with Gasteiger partial charge in [0.2, 0.25) is 0 Å². The Morgan fingerprint density at radius 1 is 1.10 bits per heavy atom. The Balaban J connectivity index is 0. The molecule has 0 atom stereocenters. The van der Waals surface area contributed by atoms with Crippen LogP contribution < -0.4 is 5.32 Å². The fourth-order valence-corrected chi connectivity index (χ4v) is 0.250. The molecule has 0 radical (unpaired) electrons. The molecule has 0 aliphatic rings. The highest BCUT2D eigenvalue weighted by atomic mass is 16.5. The molecule has 0 saturated heterocycles. The molecule has 3 heteroatoms. The lowest BCUT2D eigenvalue weighted by Crippen LogP contribution is -2.24. The van der Waals surface area contributed by atoms with E-state index in [4.69, 9.17) is 10.2 Å². The smallest absolute Gasteiger partial charge is 0.161 e. The topological polar surface area (TPSA) is 52.5 Å². The Morgan fingerprint density at radius 2 is 1.30 bits per heavy atom. The number of hydrogen-bond donors (Lipinski definition) is 3. The van der Waals surface area contributed by atoms with Crippen molar-refractivity contribution >= 4 is 0 Å². The zero-order valence-corrected chi connectivity index (χ0v) is 7.31. The van der Waals surface area contributed by atoms with E-state index >= 15 is 0 Å². The summed E-state index contributed by atoms with van der Waals surface area (Å²) in [5, 5.41) is 20.1. The van der Waals surface area contributed by atoms with Crippen LogP contribution in [-0.2, 0) is 0 Å². The number of hydrogen-bond acceptors (Lipinski definition) is 3. The van der Waals surface area contributed by atoms with Gasteiger partial charge in [-0.3, -0.25) is 0 Å². The first-order valence-corrected chi connectivity index (χ1v) is 3.57. The van der Waals surface area contributed by atoms with Crippen LogP contribution in [-0.4, -0.2) is 30.1 Å². The van der Waals surface area contributed by atoms with Gasteiger partial charge < -0.3 is 15.5 Å². The molecular weight excluding hydrogens is 130 g/mol. The van der Waals surface area contributed by atoms with Crippen LogP contribution in [0.3, 0.4) is 0 Å². The third-order valence-electron chi connectivity index (χ3n) is 1.13. The van der Waals surface area contributed by atoms with Gasteiger partial charge in [0.1, 0.15) is 0 Å². The highest BCUT2D eigenvalue weighted by molar-refractivity contribution is 4.55. The summed E-state index contributed by atoms with van der Waals surface area (Å²) in [6, 6.07) is 0. The molecule has 3 nitrogen and oxygen atoms in total. The van der Waals surface area contributed by atoms with Crippen molar-refractivity contribution in [3.63, 3.8) is 0 Å². The standard InChI is InChI=1S/C5H12O2.C2H7N/c1-3-5(6,7)4-2;1-3-2/h6-7H,3-4H2,1-2H3;3H,1-2H3. The largest absolute Gasteiger partial charge is 0.366 e. The van der Waals surface area contributed by atoms with Crippen molar-refractivity contribution in [1.29, 1.82) is 0 Å². The molecule has 10 heavy (non-hydrogen) atoms. The zero-order valence-electron chi connectivity index (χ0n) is 7.31. The molecule has 0 heterocycles. The molecule has 0 saturated carbocycles. The van der Waals surface area contributed by atoms with E-state index in [9.17, 15) is 0 Å². The molecule has 0 bridgehead atoms. The van der Waals surface area contributed by atoms with Gasteiger partial charge >= 0.3 is 0 Å². The molecule has 0 aromatic carbocycles. The van der Waals surface area contributed by atoms with E-state index in [1.807, 2.05) is 14.1 Å². The van der Waals surface area contributed by atoms with Gasteiger partial charge in [0.15, 0.2) is 5.79 Å². The summed E-state index contributed by atoms with van der Waals surface area (Å²) in [5.74, 6) is -1.42. The lowest BCUT2D eigenvalue weighted by Gasteiger charge is -2.15. The average Bonchev–Trinajstić information content (AvgIpc) is 1.90. The van der Waals surface area contributed by atoms with Crippen LogP contribution in [0.4, 0.5) is 0 Å². The van der Waals surface area contributed by atoms with E-state index in [0.29, 0.717) is 12.8 Å². The van der Waals surface area contributed by atoms with Gasteiger partial charge in [-0.2, -0.15) is 0 Å². The molecule has 0 aliphatic carbocycles. The second-order valence-corrected chi connectivity index (χ2v) is 2.19. The highest BCUT2D eigenvalue weighted by Crippen LogP contribution is 2.07. The quantitative estimate of drug-likeness (QED) is 0.496. The van der Waals surface area contributed by atoms with Crippen molar-refractivity contribution in [1.82, 2.24) is 5.32 Å². The predicted octanol–water partition coefficient (Wildman–Crippen LogP) is 0.323. The van der Waals surface area contributed by atoms with Crippen molar-refractivity contribution < 1.29 is 10.2 Å². The minimum atomic E-state index is -1.42. The van der Waals surface area contributed by atoms with E-state index in [0.717, 1.165) is 0 Å². The first kappa shape index (κ1) is 12.5. The Bertz CT molecular complexity index is 58.6. The molecule has 0 aliphatic heterocycles. The van der Waals surface area contributed by atoms with Crippen molar-refractivity contribution in [2.24, 2.45) is 0 Å². The van der Waals surface area contributed by atoms with Gasteiger partial charge in [0.05, 0.1) is 0 Å². The molecule has 0 spiro atoms. The minimum absolute atomic E-state index is 0.406. The van der Waals surface area contributed by atoms with Crippen LogP contribution in [0.2, 0.25) is 0 Å². The van der Waals surface area contributed by atoms with E-state index in [1.54, 1.807) is 13.8 Å². The summed E-state index contributed by atoms with van der Waals surface area (Å²) in [7, 11) is 3.75. The SMILES string of the molecule is CCC(O)(O)CC.CNC. The fourth-order valence-electron chi connectivity index (χ4n) is 0.250. The van der Waals surface area contributed by atoms with Crippen LogP contribution in [0.1, 0.15) is 26.7 Å². The lowest BCUT2D eigenvalue weighted by atomic mass is 10.2. The molecule has 3 N–H and O–H groups in total. The summed E-state index contributed by atoms with van der Waals surface area (Å²) >= 11 is 0. The maximum Gasteiger partial charge on any atom is 0.161 e. The summed E-state index contributed by atoms with van der Waals surface area (Å²) in [5.41, 5.74) is 0. The number of nitrogens with one attached hydrogen (secondary N) is 1. The van der Waals surface area contributed by atoms with E-state index in [-0.39, 0.29) is 0 Å². The number of rotatable bonds is 2. The molecule has 0 aromatic rings. The predicted molar refractivity (Wildman–Crippen MR) is 42.7 cm³/mol. The lowest BCUT2D eigenvalue weighted by molar-refractivity contribution is -0.163. The van der Waals surface area contributed by atoms with Crippen molar-refractivity contribution in [2.75, 3.05) is 14.1 Å². The Labute approximate surface area is 63.1 Å². The molecule has 0 aromatic heterocycles. The van der Waals surface area contributed by atoms with Crippen LogP contribution in [0.25, 0.3) is 0 Å². The second-order valence-electron chi connectivity index (χ2n) is 2.19. The van der Waals surface area contributed by atoms with Crippen molar-refractivity contribution in [3.8, 4) is 0 Å². The second kappa shape index (κ2) is 6.99. The van der Waals surface area contributed by atoms with Crippen LogP contribution in [0.15, 0.2) is 0 Å². The Hall–Kier alpha value is -0.120. The first-order chi connectivity index (χ1) is 4.54. The molecular formula is C7H19NO2. The normalized spacial score (nSPS) is 10.2. The Morgan fingerprint density at radius 3 is 1.30 bits per heavy atom. The number of aliphatic hydroxyl groups is 2. The maximum absolute atomic E-state index is 8.69. The van der Waals surface area contributed by atoms with Crippen LogP contribution in [0, 0.1) is 0 Å². The van der Waals surface area contributed by atoms with Gasteiger partial charge in [-0.25, -0.2) is 0 Å². The van der Waals surface area contributed by atoms with Gasteiger partial charge in [-0.1, -0.05) is 13.8 Å². The molecule has 0 unspecified atom stereocenters. The summed E-state index contributed by atoms with van der Waals surface area (Å²) in [4.78, 5) is 0. The third-order valence-corrected chi connectivity index (χ3v) is 1.13. The van der Waals surface area contributed by atoms with E-state index < -0.39 is 5.79 Å². The monoisotopic (exact) mass is 149 g/mol.